The van der Waals surface area contributed by atoms with Crippen molar-refractivity contribution in [2.75, 3.05) is 45.8 Å². The van der Waals surface area contributed by atoms with Gasteiger partial charge >= 0.3 is 5.97 Å². The van der Waals surface area contributed by atoms with E-state index in [9.17, 15) is 13.2 Å². The fourth-order valence-corrected chi connectivity index (χ4v) is 2.56. The number of rotatable bonds is 11. The van der Waals surface area contributed by atoms with Crippen molar-refractivity contribution >= 4 is 15.8 Å². The van der Waals surface area contributed by atoms with Crippen LogP contribution in [0.4, 0.5) is 0 Å². The van der Waals surface area contributed by atoms with Gasteiger partial charge in [-0.3, -0.25) is 4.79 Å². The van der Waals surface area contributed by atoms with Gasteiger partial charge in [0.15, 0.2) is 0 Å². The first-order chi connectivity index (χ1) is 9.64. The normalized spacial score (nSPS) is 15.0. The predicted molar refractivity (Wildman–Crippen MR) is 85.2 cm³/mol. The lowest BCUT2D eigenvalue weighted by atomic mass is 9.95. The zero-order chi connectivity index (χ0) is 16.5. The number of likely N-dealkylation sites (N-methyl/N-ethyl adjacent to an activating group) is 1. The predicted octanol–water partition coefficient (Wildman–Crippen LogP) is 0.674. The molecule has 0 aliphatic rings. The number of nitrogens with zero attached hydrogens (tertiary/aromatic N) is 1. The van der Waals surface area contributed by atoms with E-state index in [1.807, 2.05) is 18.9 Å². The van der Waals surface area contributed by atoms with Gasteiger partial charge < -0.3 is 15.0 Å². The lowest BCUT2D eigenvalue weighted by Crippen LogP contribution is -2.48. The topological polar surface area (TPSA) is 75.7 Å². The lowest BCUT2D eigenvalue weighted by molar-refractivity contribution is -0.150. The second-order valence-corrected chi connectivity index (χ2v) is 7.95. The van der Waals surface area contributed by atoms with Gasteiger partial charge in [0.1, 0.15) is 15.4 Å². The van der Waals surface area contributed by atoms with E-state index in [4.69, 9.17) is 4.74 Å². The van der Waals surface area contributed by atoms with Crippen molar-refractivity contribution in [1.29, 1.82) is 0 Å². The van der Waals surface area contributed by atoms with Gasteiger partial charge in [0, 0.05) is 12.8 Å². The highest BCUT2D eigenvalue weighted by molar-refractivity contribution is 7.90. The van der Waals surface area contributed by atoms with Crippen molar-refractivity contribution < 1.29 is 17.9 Å². The molecule has 7 heteroatoms. The lowest BCUT2D eigenvalue weighted by Gasteiger charge is -2.27. The zero-order valence-corrected chi connectivity index (χ0v) is 14.8. The Morgan fingerprint density at radius 3 is 2.38 bits per heavy atom. The number of carbonyl (C=O) groups is 1. The molecule has 0 aliphatic carbocycles. The third-order valence-corrected chi connectivity index (χ3v) is 4.51. The smallest absolute Gasteiger partial charge is 0.326 e. The van der Waals surface area contributed by atoms with Gasteiger partial charge in [0.25, 0.3) is 0 Å². The number of ether oxygens (including phenoxy) is 1. The largest absolute Gasteiger partial charge is 0.465 e. The fraction of sp³-hybridized carbons (Fsp3) is 0.929. The minimum absolute atomic E-state index is 0.181. The van der Waals surface area contributed by atoms with E-state index in [2.05, 4.69) is 5.32 Å². The van der Waals surface area contributed by atoms with Crippen LogP contribution in [0.15, 0.2) is 0 Å². The number of hydrogen-bond donors (Lipinski definition) is 1. The maximum absolute atomic E-state index is 11.9. The molecule has 21 heavy (non-hydrogen) atoms. The summed E-state index contributed by atoms with van der Waals surface area (Å²) in [4.78, 5) is 13.9. The molecule has 0 spiro atoms. The molecule has 0 heterocycles. The first-order valence-electron chi connectivity index (χ1n) is 7.37. The van der Waals surface area contributed by atoms with Crippen molar-refractivity contribution in [3.05, 3.63) is 0 Å². The molecule has 0 saturated heterocycles. The summed E-state index contributed by atoms with van der Waals surface area (Å²) >= 11 is 0. The summed E-state index contributed by atoms with van der Waals surface area (Å²) in [6.45, 7) is 5.38. The third-order valence-electron chi connectivity index (χ3n) is 3.59. The Kier molecular flexibility index (Phi) is 9.08. The molecule has 0 rings (SSSR count). The first-order valence-corrected chi connectivity index (χ1v) is 9.43. The Morgan fingerprint density at radius 1 is 1.29 bits per heavy atom. The summed E-state index contributed by atoms with van der Waals surface area (Å²) in [5.41, 5.74) is -0.651. The molecule has 1 unspecified atom stereocenters. The Labute approximate surface area is 129 Å². The molecule has 1 atom stereocenters. The van der Waals surface area contributed by atoms with Gasteiger partial charge in [-0.1, -0.05) is 0 Å². The third kappa shape index (κ3) is 9.06. The van der Waals surface area contributed by atoms with Gasteiger partial charge in [-0.15, -0.1) is 0 Å². The Morgan fingerprint density at radius 2 is 1.90 bits per heavy atom. The summed E-state index contributed by atoms with van der Waals surface area (Å²) < 4.78 is 27.2. The van der Waals surface area contributed by atoms with Crippen molar-refractivity contribution in [3.63, 3.8) is 0 Å². The minimum atomic E-state index is -2.91. The van der Waals surface area contributed by atoms with Crippen LogP contribution in [-0.4, -0.2) is 70.6 Å². The van der Waals surface area contributed by atoms with E-state index in [1.54, 1.807) is 14.0 Å². The van der Waals surface area contributed by atoms with Gasteiger partial charge in [-0.2, -0.15) is 0 Å². The SMILES string of the molecule is CCOC(=O)C(C)(CCCCN(C)CCS(C)(=O)=O)NC. The molecule has 0 radical (unpaired) electrons. The monoisotopic (exact) mass is 322 g/mol. The molecule has 0 aromatic rings. The molecule has 0 amide bonds. The quantitative estimate of drug-likeness (QED) is 0.445. The van der Waals surface area contributed by atoms with Crippen LogP contribution in [0.2, 0.25) is 0 Å². The maximum Gasteiger partial charge on any atom is 0.326 e. The maximum atomic E-state index is 11.9. The van der Waals surface area contributed by atoms with Crippen LogP contribution >= 0.6 is 0 Å². The Bertz CT molecular complexity index is 411. The Hall–Kier alpha value is -0.660. The number of nitrogens with one attached hydrogen (secondary N) is 1. The second kappa shape index (κ2) is 9.38. The van der Waals surface area contributed by atoms with Crippen LogP contribution in [0, 0.1) is 0 Å². The minimum Gasteiger partial charge on any atom is -0.465 e. The highest BCUT2D eigenvalue weighted by atomic mass is 32.2. The number of hydrogen-bond acceptors (Lipinski definition) is 6. The number of unbranched alkanes of at least 4 members (excludes halogenated alkanes) is 1. The van der Waals surface area contributed by atoms with Crippen LogP contribution in [-0.2, 0) is 19.4 Å². The van der Waals surface area contributed by atoms with E-state index < -0.39 is 15.4 Å². The summed E-state index contributed by atoms with van der Waals surface area (Å²) in [6.07, 6.45) is 3.73. The first kappa shape index (κ1) is 20.3. The van der Waals surface area contributed by atoms with Gasteiger partial charge in [-0.25, -0.2) is 8.42 Å². The number of carbonyl (C=O) groups excluding carboxylic acids is 1. The Balaban J connectivity index is 4.04. The average molecular weight is 322 g/mol. The summed E-state index contributed by atoms with van der Waals surface area (Å²) in [5.74, 6) is -0.0430. The van der Waals surface area contributed by atoms with E-state index in [-0.39, 0.29) is 11.7 Å². The molecule has 0 aromatic heterocycles. The van der Waals surface area contributed by atoms with Crippen LogP contribution in [0.5, 0.6) is 0 Å². The van der Waals surface area contributed by atoms with Gasteiger partial charge in [0.05, 0.1) is 12.4 Å². The van der Waals surface area contributed by atoms with E-state index in [0.717, 1.165) is 19.4 Å². The molecule has 126 valence electrons. The number of sulfone groups is 1. The summed E-state index contributed by atoms with van der Waals surface area (Å²) in [6, 6.07) is 0. The molecule has 0 aliphatic heterocycles. The molecule has 0 fully saturated rings. The van der Waals surface area contributed by atoms with Crippen molar-refractivity contribution in [2.45, 2.75) is 38.6 Å². The second-order valence-electron chi connectivity index (χ2n) is 5.69. The molecular formula is C14H30N2O4S. The molecule has 1 N–H and O–H groups in total. The molecule has 0 bridgehead atoms. The summed E-state index contributed by atoms with van der Waals surface area (Å²) in [7, 11) is 0.762. The van der Waals surface area contributed by atoms with Crippen LogP contribution in [0.1, 0.15) is 33.1 Å². The average Bonchev–Trinajstić information content (AvgIpc) is 2.40. The molecule has 0 aromatic carbocycles. The van der Waals surface area contributed by atoms with Crippen molar-refractivity contribution in [2.24, 2.45) is 0 Å². The standard InChI is InChI=1S/C14H30N2O4S/c1-6-20-13(17)14(2,15-3)9-7-8-10-16(4)11-12-21(5,18)19/h15H,6-12H2,1-5H3. The fourth-order valence-electron chi connectivity index (χ4n) is 1.91. The highest BCUT2D eigenvalue weighted by Crippen LogP contribution is 2.15. The van der Waals surface area contributed by atoms with E-state index in [1.165, 1.54) is 6.26 Å². The molecule has 0 saturated carbocycles. The molecular weight excluding hydrogens is 292 g/mol. The van der Waals surface area contributed by atoms with Crippen LogP contribution in [0.25, 0.3) is 0 Å². The van der Waals surface area contributed by atoms with Gasteiger partial charge in [-0.05, 0) is 53.8 Å². The van der Waals surface area contributed by atoms with Crippen molar-refractivity contribution in [1.82, 2.24) is 10.2 Å². The van der Waals surface area contributed by atoms with Gasteiger partial charge in [0.2, 0.25) is 0 Å². The molecule has 6 nitrogen and oxygen atoms in total. The van der Waals surface area contributed by atoms with E-state index in [0.29, 0.717) is 19.6 Å². The van der Waals surface area contributed by atoms with Crippen molar-refractivity contribution in [3.8, 4) is 0 Å². The van der Waals surface area contributed by atoms with E-state index >= 15 is 0 Å². The zero-order valence-electron chi connectivity index (χ0n) is 13.9. The number of esters is 1. The summed E-state index contributed by atoms with van der Waals surface area (Å²) in [5, 5.41) is 3.03. The van der Waals surface area contributed by atoms with Crippen LogP contribution < -0.4 is 5.32 Å². The highest BCUT2D eigenvalue weighted by Gasteiger charge is 2.32. The van der Waals surface area contributed by atoms with Crippen LogP contribution in [0.3, 0.4) is 0 Å².